The summed E-state index contributed by atoms with van der Waals surface area (Å²) in [6.07, 6.45) is 7.28. The molecule has 1 spiro atoms. The number of halogens is 1. The molecule has 2 heterocycles. The van der Waals surface area contributed by atoms with E-state index in [9.17, 15) is 0 Å². The topological polar surface area (TPSA) is 36.9 Å². The lowest BCUT2D eigenvalue weighted by Crippen LogP contribution is -2.68. The van der Waals surface area contributed by atoms with Crippen LogP contribution < -0.4 is 5.32 Å². The molecule has 4 nitrogen and oxygen atoms in total. The largest absolute Gasteiger partial charge is 0.377 e. The SMILES string of the molecule is CN=C(NC1C2CCOC2C1(C)C)N1CCC2(CCC2)C1.I. The van der Waals surface area contributed by atoms with Crippen LogP contribution in [0.4, 0.5) is 0 Å². The zero-order valence-corrected chi connectivity index (χ0v) is 16.4. The van der Waals surface area contributed by atoms with Crippen LogP contribution in [0.1, 0.15) is 46.0 Å². The summed E-state index contributed by atoms with van der Waals surface area (Å²) in [6.45, 7) is 7.99. The fraction of sp³-hybridized carbons (Fsp3) is 0.941. The van der Waals surface area contributed by atoms with Gasteiger partial charge in [0.2, 0.25) is 0 Å². The first-order valence-electron chi connectivity index (χ1n) is 8.66. The molecule has 0 amide bonds. The van der Waals surface area contributed by atoms with Gasteiger partial charge in [-0.3, -0.25) is 4.99 Å². The van der Waals surface area contributed by atoms with Crippen molar-refractivity contribution in [1.82, 2.24) is 10.2 Å². The average molecular weight is 419 g/mol. The van der Waals surface area contributed by atoms with Gasteiger partial charge in [-0.25, -0.2) is 0 Å². The van der Waals surface area contributed by atoms with Crippen LogP contribution in [0.2, 0.25) is 0 Å². The van der Waals surface area contributed by atoms with Gasteiger partial charge >= 0.3 is 0 Å². The molecule has 1 N–H and O–H groups in total. The summed E-state index contributed by atoms with van der Waals surface area (Å²) >= 11 is 0. The zero-order valence-electron chi connectivity index (χ0n) is 14.1. The van der Waals surface area contributed by atoms with Gasteiger partial charge in [-0.1, -0.05) is 20.3 Å². The van der Waals surface area contributed by atoms with Gasteiger partial charge in [-0.2, -0.15) is 0 Å². The van der Waals surface area contributed by atoms with E-state index in [0.717, 1.165) is 12.6 Å². The number of rotatable bonds is 1. The van der Waals surface area contributed by atoms with Crippen molar-refractivity contribution in [2.24, 2.45) is 21.7 Å². The molecule has 2 aliphatic carbocycles. The average Bonchev–Trinajstić information content (AvgIpc) is 3.04. The van der Waals surface area contributed by atoms with Crippen molar-refractivity contribution >= 4 is 29.9 Å². The van der Waals surface area contributed by atoms with E-state index in [4.69, 9.17) is 4.74 Å². The molecule has 22 heavy (non-hydrogen) atoms. The van der Waals surface area contributed by atoms with Crippen LogP contribution in [0.15, 0.2) is 4.99 Å². The van der Waals surface area contributed by atoms with E-state index < -0.39 is 0 Å². The fourth-order valence-electron chi connectivity index (χ4n) is 5.25. The molecular weight excluding hydrogens is 389 g/mol. The molecule has 2 aliphatic heterocycles. The molecule has 4 aliphatic rings. The van der Waals surface area contributed by atoms with Crippen molar-refractivity contribution in [2.75, 3.05) is 26.7 Å². The molecule has 0 aromatic carbocycles. The van der Waals surface area contributed by atoms with E-state index in [1.165, 1.54) is 45.2 Å². The molecular formula is C17H30IN3O. The summed E-state index contributed by atoms with van der Waals surface area (Å²) in [7, 11) is 1.93. The van der Waals surface area contributed by atoms with Crippen molar-refractivity contribution in [3.05, 3.63) is 0 Å². The first kappa shape index (κ1) is 16.8. The minimum Gasteiger partial charge on any atom is -0.377 e. The highest BCUT2D eigenvalue weighted by atomic mass is 127. The maximum Gasteiger partial charge on any atom is 0.193 e. The molecule has 5 heteroatoms. The molecule has 3 atom stereocenters. The van der Waals surface area contributed by atoms with E-state index in [-0.39, 0.29) is 29.4 Å². The molecule has 0 aromatic rings. The normalized spacial score (nSPS) is 38.0. The van der Waals surface area contributed by atoms with Gasteiger partial charge in [0.05, 0.1) is 6.10 Å². The Balaban J connectivity index is 0.00000144. The number of ether oxygens (including phenoxy) is 1. The summed E-state index contributed by atoms with van der Waals surface area (Å²) in [6, 6.07) is 0.515. The molecule has 3 unspecified atom stereocenters. The quantitative estimate of drug-likeness (QED) is 0.404. The van der Waals surface area contributed by atoms with Crippen LogP contribution >= 0.6 is 24.0 Å². The van der Waals surface area contributed by atoms with Crippen molar-refractivity contribution in [1.29, 1.82) is 0 Å². The second-order valence-electron chi connectivity index (χ2n) is 8.26. The number of fused-ring (bicyclic) bond motifs is 1. The zero-order chi connectivity index (χ0) is 14.7. The Labute approximate surface area is 151 Å². The monoisotopic (exact) mass is 419 g/mol. The Morgan fingerprint density at radius 1 is 1.27 bits per heavy atom. The summed E-state index contributed by atoms with van der Waals surface area (Å²) in [5.41, 5.74) is 0.858. The molecule has 0 radical (unpaired) electrons. The van der Waals surface area contributed by atoms with Crippen molar-refractivity contribution in [2.45, 2.75) is 58.1 Å². The van der Waals surface area contributed by atoms with Gasteiger partial charge in [0, 0.05) is 44.1 Å². The molecule has 2 saturated carbocycles. The Kier molecular flexibility index (Phi) is 4.43. The van der Waals surface area contributed by atoms with E-state index in [1.54, 1.807) is 0 Å². The van der Waals surface area contributed by atoms with E-state index in [1.807, 2.05) is 7.05 Å². The van der Waals surface area contributed by atoms with E-state index in [2.05, 4.69) is 29.1 Å². The summed E-state index contributed by atoms with van der Waals surface area (Å²) in [4.78, 5) is 7.08. The third-order valence-electron chi connectivity index (χ3n) is 6.75. The first-order valence-corrected chi connectivity index (χ1v) is 8.66. The van der Waals surface area contributed by atoms with E-state index in [0.29, 0.717) is 23.5 Å². The number of nitrogens with zero attached hydrogens (tertiary/aromatic N) is 2. The minimum atomic E-state index is 0. The third-order valence-corrected chi connectivity index (χ3v) is 6.75. The molecule has 2 saturated heterocycles. The number of likely N-dealkylation sites (tertiary alicyclic amines) is 1. The lowest BCUT2D eigenvalue weighted by molar-refractivity contribution is -0.107. The van der Waals surface area contributed by atoms with Gasteiger partial charge in [-0.15, -0.1) is 24.0 Å². The van der Waals surface area contributed by atoms with Gasteiger partial charge in [0.15, 0.2) is 5.96 Å². The third kappa shape index (κ3) is 2.38. The minimum absolute atomic E-state index is 0. The standard InChI is InChI=1S/C17H29N3O.HI/c1-16(2)13(12-5-10-21-14(12)16)19-15(18-3)20-9-8-17(11-20)6-4-7-17;/h12-14H,4-11H2,1-3H3,(H,18,19);1H. The smallest absolute Gasteiger partial charge is 0.193 e. The van der Waals surface area contributed by atoms with Gasteiger partial charge in [-0.05, 0) is 31.1 Å². The van der Waals surface area contributed by atoms with Crippen LogP contribution in [0.5, 0.6) is 0 Å². The van der Waals surface area contributed by atoms with Crippen LogP contribution in [0.25, 0.3) is 0 Å². The van der Waals surface area contributed by atoms with Crippen LogP contribution in [-0.2, 0) is 4.74 Å². The Morgan fingerprint density at radius 2 is 2.05 bits per heavy atom. The number of aliphatic imine (C=N–C) groups is 1. The molecule has 4 rings (SSSR count). The number of hydrogen-bond acceptors (Lipinski definition) is 2. The predicted molar refractivity (Wildman–Crippen MR) is 99.8 cm³/mol. The van der Waals surface area contributed by atoms with Gasteiger partial charge in [0.25, 0.3) is 0 Å². The maximum atomic E-state index is 5.90. The first-order chi connectivity index (χ1) is 10.1. The second kappa shape index (κ2) is 5.80. The second-order valence-corrected chi connectivity index (χ2v) is 8.26. The highest BCUT2D eigenvalue weighted by molar-refractivity contribution is 14.0. The van der Waals surface area contributed by atoms with Crippen molar-refractivity contribution < 1.29 is 4.74 Å². The van der Waals surface area contributed by atoms with Crippen molar-refractivity contribution in [3.63, 3.8) is 0 Å². The van der Waals surface area contributed by atoms with Gasteiger partial charge in [0.1, 0.15) is 0 Å². The number of guanidine groups is 1. The molecule has 4 fully saturated rings. The van der Waals surface area contributed by atoms with Crippen LogP contribution in [0, 0.1) is 16.7 Å². The van der Waals surface area contributed by atoms with E-state index >= 15 is 0 Å². The lowest BCUT2D eigenvalue weighted by atomic mass is 9.57. The fourth-order valence-corrected chi connectivity index (χ4v) is 5.25. The summed E-state index contributed by atoms with van der Waals surface area (Å²) in [5.74, 6) is 1.80. The summed E-state index contributed by atoms with van der Waals surface area (Å²) < 4.78 is 5.90. The highest BCUT2D eigenvalue weighted by Crippen LogP contribution is 2.52. The van der Waals surface area contributed by atoms with Gasteiger partial charge < -0.3 is 15.0 Å². The predicted octanol–water partition coefficient (Wildman–Crippen LogP) is 2.87. The Bertz CT molecular complexity index is 461. The Hall–Kier alpha value is -0.0400. The highest BCUT2D eigenvalue weighted by Gasteiger charge is 2.60. The molecule has 0 aromatic heterocycles. The van der Waals surface area contributed by atoms with Crippen LogP contribution in [0.3, 0.4) is 0 Å². The summed E-state index contributed by atoms with van der Waals surface area (Å²) in [5, 5.41) is 3.79. The molecule has 0 bridgehead atoms. The maximum absolute atomic E-state index is 5.90. The van der Waals surface area contributed by atoms with Crippen LogP contribution in [-0.4, -0.2) is 49.7 Å². The Morgan fingerprint density at radius 3 is 2.64 bits per heavy atom. The van der Waals surface area contributed by atoms with Crippen molar-refractivity contribution in [3.8, 4) is 0 Å². The lowest BCUT2D eigenvalue weighted by Gasteiger charge is -2.55. The number of nitrogens with one attached hydrogen (secondary N) is 1. The molecule has 126 valence electrons. The number of hydrogen-bond donors (Lipinski definition) is 1.